The van der Waals surface area contributed by atoms with Crippen LogP contribution >= 0.6 is 0 Å². The number of carbonyl (C=O) groups is 1. The zero-order valence-electron chi connectivity index (χ0n) is 16.1. The summed E-state index contributed by atoms with van der Waals surface area (Å²) in [6.07, 6.45) is 3.41. The molecule has 0 radical (unpaired) electrons. The number of para-hydroxylation sites is 1. The van der Waals surface area contributed by atoms with E-state index in [9.17, 15) is 4.79 Å². The van der Waals surface area contributed by atoms with Gasteiger partial charge in [-0.1, -0.05) is 26.0 Å². The van der Waals surface area contributed by atoms with Crippen LogP contribution < -0.4 is 9.47 Å². The fourth-order valence-corrected chi connectivity index (χ4v) is 3.79. The third kappa shape index (κ3) is 3.48. The van der Waals surface area contributed by atoms with Crippen molar-refractivity contribution in [2.75, 3.05) is 13.7 Å². The largest absolute Gasteiger partial charge is 0.493 e. The van der Waals surface area contributed by atoms with Gasteiger partial charge in [0.15, 0.2) is 11.5 Å². The van der Waals surface area contributed by atoms with Crippen molar-refractivity contribution in [3.8, 4) is 11.5 Å². The van der Waals surface area contributed by atoms with Gasteiger partial charge in [0.2, 0.25) is 5.91 Å². The van der Waals surface area contributed by atoms with Crippen molar-refractivity contribution in [3.63, 3.8) is 0 Å². The molecule has 0 bridgehead atoms. The molecule has 1 atom stereocenters. The van der Waals surface area contributed by atoms with Crippen molar-refractivity contribution in [3.05, 3.63) is 47.0 Å². The summed E-state index contributed by atoms with van der Waals surface area (Å²) in [5, 5.41) is 0. The second kappa shape index (κ2) is 7.18. The van der Waals surface area contributed by atoms with Crippen LogP contribution in [0.1, 0.15) is 36.5 Å². The zero-order chi connectivity index (χ0) is 19.0. The first kappa shape index (κ1) is 17.8. The van der Waals surface area contributed by atoms with Gasteiger partial charge in [-0.2, -0.15) is 0 Å². The number of rotatable bonds is 4. The summed E-state index contributed by atoms with van der Waals surface area (Å²) in [5.74, 6) is 2.80. The number of fused-ring (bicyclic) bond motifs is 2. The van der Waals surface area contributed by atoms with Crippen LogP contribution in [0.15, 0.2) is 24.4 Å². The van der Waals surface area contributed by atoms with E-state index in [-0.39, 0.29) is 11.8 Å². The standard InChI is InChI=1S/C21H25N3O3/c1-13(2)7-19-22-9-16-10-24(11-17(16)23-19)21(25)15-8-14-5-4-6-18(26-3)20(14)27-12-15/h4-6,9,13,15H,7-8,10-12H2,1-3H3/t15-/m0/s1. The monoisotopic (exact) mass is 367 g/mol. The smallest absolute Gasteiger partial charge is 0.230 e. The molecule has 0 fully saturated rings. The van der Waals surface area contributed by atoms with Crippen molar-refractivity contribution in [1.82, 2.24) is 14.9 Å². The number of aromatic nitrogens is 2. The van der Waals surface area contributed by atoms with E-state index in [4.69, 9.17) is 9.47 Å². The Morgan fingerprint density at radius 1 is 1.33 bits per heavy atom. The first-order valence-corrected chi connectivity index (χ1v) is 9.46. The van der Waals surface area contributed by atoms with Crippen LogP contribution in [0.5, 0.6) is 11.5 Å². The van der Waals surface area contributed by atoms with Gasteiger partial charge in [-0.05, 0) is 24.0 Å². The van der Waals surface area contributed by atoms with E-state index in [2.05, 4.69) is 23.8 Å². The fraction of sp³-hybridized carbons (Fsp3) is 0.476. The summed E-state index contributed by atoms with van der Waals surface area (Å²) in [7, 11) is 1.63. The average molecular weight is 367 g/mol. The molecule has 1 amide bonds. The van der Waals surface area contributed by atoms with Crippen molar-refractivity contribution in [2.45, 2.75) is 39.8 Å². The van der Waals surface area contributed by atoms with Crippen LogP contribution in [0, 0.1) is 11.8 Å². The van der Waals surface area contributed by atoms with Gasteiger partial charge < -0.3 is 14.4 Å². The molecule has 142 valence electrons. The van der Waals surface area contributed by atoms with Crippen molar-refractivity contribution < 1.29 is 14.3 Å². The van der Waals surface area contributed by atoms with Gasteiger partial charge in [0.1, 0.15) is 12.4 Å². The van der Waals surface area contributed by atoms with E-state index in [0.717, 1.165) is 40.6 Å². The van der Waals surface area contributed by atoms with Crippen LogP contribution in [-0.2, 0) is 30.7 Å². The van der Waals surface area contributed by atoms with E-state index >= 15 is 0 Å². The van der Waals surface area contributed by atoms with E-state index in [0.29, 0.717) is 32.0 Å². The number of hydrogen-bond donors (Lipinski definition) is 0. The number of methoxy groups -OCH3 is 1. The van der Waals surface area contributed by atoms with E-state index in [1.807, 2.05) is 29.3 Å². The molecule has 2 aliphatic heterocycles. The van der Waals surface area contributed by atoms with Gasteiger partial charge >= 0.3 is 0 Å². The Hall–Kier alpha value is -2.63. The van der Waals surface area contributed by atoms with Gasteiger partial charge in [0.25, 0.3) is 0 Å². The molecule has 0 saturated carbocycles. The molecule has 0 N–H and O–H groups in total. The summed E-state index contributed by atoms with van der Waals surface area (Å²) in [5.41, 5.74) is 3.05. The molecule has 2 aliphatic rings. The Kier molecular flexibility index (Phi) is 4.72. The topological polar surface area (TPSA) is 64.6 Å². The van der Waals surface area contributed by atoms with Gasteiger partial charge in [-0.3, -0.25) is 4.79 Å². The molecule has 2 aromatic rings. The predicted octanol–water partition coefficient (Wildman–Crippen LogP) is 2.78. The number of hydrogen-bond acceptors (Lipinski definition) is 5. The Morgan fingerprint density at radius 2 is 2.19 bits per heavy atom. The van der Waals surface area contributed by atoms with Gasteiger partial charge in [0.05, 0.1) is 25.3 Å². The highest BCUT2D eigenvalue weighted by Gasteiger charge is 2.34. The highest BCUT2D eigenvalue weighted by atomic mass is 16.5. The van der Waals surface area contributed by atoms with Crippen LogP contribution in [0.2, 0.25) is 0 Å². The molecule has 0 saturated heterocycles. The lowest BCUT2D eigenvalue weighted by Crippen LogP contribution is -2.38. The minimum absolute atomic E-state index is 0.117. The molecule has 0 aliphatic carbocycles. The molecule has 6 nitrogen and oxygen atoms in total. The fourth-order valence-electron chi connectivity index (χ4n) is 3.79. The second-order valence-corrected chi connectivity index (χ2v) is 7.71. The Labute approximate surface area is 159 Å². The van der Waals surface area contributed by atoms with Crippen LogP contribution in [0.3, 0.4) is 0 Å². The maximum Gasteiger partial charge on any atom is 0.230 e. The SMILES string of the molecule is COc1cccc2c1OC[C@@H](C(=O)N1Cc3cnc(CC(C)C)nc3C1)C2. The van der Waals surface area contributed by atoms with Crippen LogP contribution in [0.25, 0.3) is 0 Å². The molecule has 0 spiro atoms. The average Bonchev–Trinajstić information content (AvgIpc) is 3.09. The summed E-state index contributed by atoms with van der Waals surface area (Å²) in [6, 6.07) is 5.82. The predicted molar refractivity (Wildman–Crippen MR) is 101 cm³/mol. The summed E-state index contributed by atoms with van der Waals surface area (Å²) in [4.78, 5) is 24.1. The normalized spacial score (nSPS) is 18.1. The number of carbonyl (C=O) groups excluding carboxylic acids is 1. The Bertz CT molecular complexity index is 866. The third-order valence-corrected chi connectivity index (χ3v) is 5.13. The van der Waals surface area contributed by atoms with Crippen LogP contribution in [0.4, 0.5) is 0 Å². The molecule has 4 rings (SSSR count). The number of amides is 1. The zero-order valence-corrected chi connectivity index (χ0v) is 16.1. The van der Waals surface area contributed by atoms with Crippen molar-refractivity contribution in [1.29, 1.82) is 0 Å². The first-order chi connectivity index (χ1) is 13.0. The Morgan fingerprint density at radius 3 is 2.96 bits per heavy atom. The number of nitrogens with zero attached hydrogens (tertiary/aromatic N) is 3. The minimum Gasteiger partial charge on any atom is -0.493 e. The van der Waals surface area contributed by atoms with Gasteiger partial charge in [0, 0.05) is 24.7 Å². The quantitative estimate of drug-likeness (QED) is 0.831. The second-order valence-electron chi connectivity index (χ2n) is 7.71. The maximum atomic E-state index is 13.1. The van der Waals surface area contributed by atoms with Crippen LogP contribution in [-0.4, -0.2) is 34.5 Å². The number of benzene rings is 1. The van der Waals surface area contributed by atoms with Gasteiger partial charge in [-0.15, -0.1) is 0 Å². The highest BCUT2D eigenvalue weighted by molar-refractivity contribution is 5.80. The third-order valence-electron chi connectivity index (χ3n) is 5.13. The summed E-state index contributed by atoms with van der Waals surface area (Å²) < 4.78 is 11.2. The van der Waals surface area contributed by atoms with Crippen molar-refractivity contribution in [2.24, 2.45) is 11.8 Å². The first-order valence-electron chi connectivity index (χ1n) is 9.46. The van der Waals surface area contributed by atoms with Gasteiger partial charge in [-0.25, -0.2) is 9.97 Å². The molecule has 1 aromatic carbocycles. The molecular formula is C21H25N3O3. The minimum atomic E-state index is -0.179. The highest BCUT2D eigenvalue weighted by Crippen LogP contribution is 2.37. The lowest BCUT2D eigenvalue weighted by atomic mass is 9.95. The maximum absolute atomic E-state index is 13.1. The summed E-state index contributed by atoms with van der Waals surface area (Å²) in [6.45, 7) is 5.83. The molecule has 0 unspecified atom stereocenters. The molecule has 6 heteroatoms. The van der Waals surface area contributed by atoms with E-state index in [1.54, 1.807) is 7.11 Å². The molecule has 1 aromatic heterocycles. The molecular weight excluding hydrogens is 342 g/mol. The lowest BCUT2D eigenvalue weighted by Gasteiger charge is -2.28. The van der Waals surface area contributed by atoms with Crippen molar-refractivity contribution >= 4 is 5.91 Å². The summed E-state index contributed by atoms with van der Waals surface area (Å²) >= 11 is 0. The Balaban J connectivity index is 1.46. The lowest BCUT2D eigenvalue weighted by molar-refractivity contribution is -0.137. The molecule has 3 heterocycles. The molecule has 27 heavy (non-hydrogen) atoms. The van der Waals surface area contributed by atoms with E-state index < -0.39 is 0 Å². The number of ether oxygens (including phenoxy) is 2. The van der Waals surface area contributed by atoms with E-state index in [1.165, 1.54) is 0 Å².